The Labute approximate surface area is 109 Å². The average molecular weight is 262 g/mol. The summed E-state index contributed by atoms with van der Waals surface area (Å²) in [7, 11) is 1.57. The minimum Gasteiger partial charge on any atom is -0.497 e. The molecule has 0 aliphatic heterocycles. The maximum absolute atomic E-state index is 13.1. The first-order chi connectivity index (χ1) is 9.06. The molecule has 98 valence electrons. The minimum atomic E-state index is -3.43. The first-order valence-electron chi connectivity index (χ1n) is 5.66. The Bertz CT molecular complexity index is 560. The third-order valence-electron chi connectivity index (χ3n) is 2.84. The SMILES string of the molecule is COc1ccc(-c2ccc(C(F)(F)C=O)cc2)cc1. The molecule has 0 N–H and O–H groups in total. The molecule has 0 spiro atoms. The highest BCUT2D eigenvalue weighted by molar-refractivity contribution is 5.67. The molecule has 0 saturated carbocycles. The van der Waals surface area contributed by atoms with Gasteiger partial charge in [-0.2, -0.15) is 8.78 Å². The highest BCUT2D eigenvalue weighted by atomic mass is 19.3. The number of hydrogen-bond acceptors (Lipinski definition) is 2. The molecule has 2 rings (SSSR count). The molecule has 0 heterocycles. The van der Waals surface area contributed by atoms with E-state index in [9.17, 15) is 13.6 Å². The topological polar surface area (TPSA) is 26.3 Å². The van der Waals surface area contributed by atoms with Crippen molar-refractivity contribution in [1.29, 1.82) is 0 Å². The van der Waals surface area contributed by atoms with Gasteiger partial charge in [0.15, 0.2) is 6.29 Å². The van der Waals surface area contributed by atoms with Crippen LogP contribution in [0.4, 0.5) is 8.78 Å². The van der Waals surface area contributed by atoms with Crippen molar-refractivity contribution in [2.45, 2.75) is 5.92 Å². The number of benzene rings is 2. The normalized spacial score (nSPS) is 11.1. The summed E-state index contributed by atoms with van der Waals surface area (Å²) in [6.07, 6.45) is -0.352. The van der Waals surface area contributed by atoms with E-state index in [0.717, 1.165) is 16.9 Å². The van der Waals surface area contributed by atoms with E-state index in [0.29, 0.717) is 0 Å². The van der Waals surface area contributed by atoms with E-state index < -0.39 is 5.92 Å². The number of carbonyl (C=O) groups is 1. The second-order valence-electron chi connectivity index (χ2n) is 4.05. The Morgan fingerprint density at radius 3 is 1.84 bits per heavy atom. The number of hydrogen-bond donors (Lipinski definition) is 0. The first kappa shape index (κ1) is 13.2. The Kier molecular flexibility index (Phi) is 3.60. The molecule has 2 aromatic rings. The lowest BCUT2D eigenvalue weighted by atomic mass is 10.0. The average Bonchev–Trinajstić information content (AvgIpc) is 2.47. The largest absolute Gasteiger partial charge is 0.497 e. The van der Waals surface area contributed by atoms with Gasteiger partial charge in [0.05, 0.1) is 7.11 Å². The van der Waals surface area contributed by atoms with Gasteiger partial charge in [-0.05, 0) is 23.3 Å². The number of rotatable bonds is 4. The summed E-state index contributed by atoms with van der Waals surface area (Å²) in [5.74, 6) is -2.70. The summed E-state index contributed by atoms with van der Waals surface area (Å²) in [6.45, 7) is 0. The molecule has 0 radical (unpaired) electrons. The van der Waals surface area contributed by atoms with Crippen LogP contribution in [0.15, 0.2) is 48.5 Å². The number of methoxy groups -OCH3 is 1. The summed E-state index contributed by atoms with van der Waals surface area (Å²) in [5, 5.41) is 0. The Hall–Kier alpha value is -2.23. The zero-order chi connectivity index (χ0) is 13.9. The molecule has 0 unspecified atom stereocenters. The number of aldehydes is 1. The third kappa shape index (κ3) is 2.78. The Morgan fingerprint density at radius 1 is 0.947 bits per heavy atom. The van der Waals surface area contributed by atoms with Crippen LogP contribution in [0, 0.1) is 0 Å². The predicted octanol–water partition coefficient (Wildman–Crippen LogP) is 3.65. The van der Waals surface area contributed by atoms with Gasteiger partial charge in [0.1, 0.15) is 5.75 Å². The van der Waals surface area contributed by atoms with Crippen molar-refractivity contribution >= 4 is 6.29 Å². The minimum absolute atomic E-state index is 0.306. The smallest absolute Gasteiger partial charge is 0.327 e. The molecule has 2 nitrogen and oxygen atoms in total. The summed E-state index contributed by atoms with van der Waals surface area (Å²) in [6, 6.07) is 12.9. The molecule has 0 aliphatic rings. The van der Waals surface area contributed by atoms with E-state index in [2.05, 4.69) is 0 Å². The van der Waals surface area contributed by atoms with Crippen LogP contribution in [0.3, 0.4) is 0 Å². The lowest BCUT2D eigenvalue weighted by Gasteiger charge is -2.10. The van der Waals surface area contributed by atoms with Crippen molar-refractivity contribution in [3.8, 4) is 16.9 Å². The van der Waals surface area contributed by atoms with Gasteiger partial charge >= 0.3 is 5.92 Å². The Morgan fingerprint density at radius 2 is 1.42 bits per heavy atom. The van der Waals surface area contributed by atoms with Crippen LogP contribution < -0.4 is 4.74 Å². The van der Waals surface area contributed by atoms with Crippen LogP contribution in [0.1, 0.15) is 5.56 Å². The molecule has 0 saturated heterocycles. The number of carbonyl (C=O) groups excluding carboxylic acids is 1. The third-order valence-corrected chi connectivity index (χ3v) is 2.84. The van der Waals surface area contributed by atoms with Crippen molar-refractivity contribution in [1.82, 2.24) is 0 Å². The number of ether oxygens (including phenoxy) is 1. The summed E-state index contributed by atoms with van der Waals surface area (Å²) >= 11 is 0. The fraction of sp³-hybridized carbons (Fsp3) is 0.133. The number of halogens is 2. The van der Waals surface area contributed by atoms with Crippen molar-refractivity contribution in [2.24, 2.45) is 0 Å². The molecule has 0 aliphatic carbocycles. The van der Waals surface area contributed by atoms with Crippen molar-refractivity contribution in [3.05, 3.63) is 54.1 Å². The zero-order valence-corrected chi connectivity index (χ0v) is 10.3. The van der Waals surface area contributed by atoms with Gasteiger partial charge in [0.2, 0.25) is 0 Å². The molecule has 0 bridgehead atoms. The lowest BCUT2D eigenvalue weighted by Crippen LogP contribution is -2.14. The van der Waals surface area contributed by atoms with Gasteiger partial charge in [0.25, 0.3) is 0 Å². The van der Waals surface area contributed by atoms with Crippen LogP contribution >= 0.6 is 0 Å². The van der Waals surface area contributed by atoms with Crippen LogP contribution in [0.25, 0.3) is 11.1 Å². The van der Waals surface area contributed by atoms with Crippen LogP contribution in [0.5, 0.6) is 5.75 Å². The van der Waals surface area contributed by atoms with Gasteiger partial charge in [-0.15, -0.1) is 0 Å². The summed E-state index contributed by atoms with van der Waals surface area (Å²) < 4.78 is 31.3. The highest BCUT2D eigenvalue weighted by Crippen LogP contribution is 2.28. The fourth-order valence-corrected chi connectivity index (χ4v) is 1.74. The van der Waals surface area contributed by atoms with Gasteiger partial charge in [-0.3, -0.25) is 4.79 Å². The molecular weight excluding hydrogens is 250 g/mol. The van der Waals surface area contributed by atoms with E-state index in [4.69, 9.17) is 4.74 Å². The fourth-order valence-electron chi connectivity index (χ4n) is 1.74. The van der Waals surface area contributed by atoms with Gasteiger partial charge < -0.3 is 4.74 Å². The second kappa shape index (κ2) is 5.18. The van der Waals surface area contributed by atoms with E-state index in [1.54, 1.807) is 31.4 Å². The molecule has 0 amide bonds. The predicted molar refractivity (Wildman–Crippen MR) is 68.4 cm³/mol. The first-order valence-corrected chi connectivity index (χ1v) is 5.66. The molecule has 2 aromatic carbocycles. The Balaban J connectivity index is 2.29. The van der Waals surface area contributed by atoms with Crippen LogP contribution in [0.2, 0.25) is 0 Å². The standard InChI is InChI=1S/C15H12F2O2/c1-19-14-8-4-12(5-9-14)11-2-6-13(7-3-11)15(16,17)10-18/h2-10H,1H3. The monoisotopic (exact) mass is 262 g/mol. The maximum atomic E-state index is 13.1. The molecule has 19 heavy (non-hydrogen) atoms. The summed E-state index contributed by atoms with van der Waals surface area (Å²) in [5.41, 5.74) is 1.38. The van der Waals surface area contributed by atoms with Gasteiger partial charge in [0, 0.05) is 5.56 Å². The molecule has 0 aromatic heterocycles. The van der Waals surface area contributed by atoms with Crippen molar-refractivity contribution in [3.63, 3.8) is 0 Å². The van der Waals surface area contributed by atoms with E-state index in [1.807, 2.05) is 12.1 Å². The van der Waals surface area contributed by atoms with Crippen molar-refractivity contribution in [2.75, 3.05) is 7.11 Å². The summed E-state index contributed by atoms with van der Waals surface area (Å²) in [4.78, 5) is 10.3. The van der Waals surface area contributed by atoms with Crippen LogP contribution in [-0.2, 0) is 10.7 Å². The molecule has 4 heteroatoms. The molecule has 0 atom stereocenters. The van der Waals surface area contributed by atoms with Gasteiger partial charge in [-0.25, -0.2) is 0 Å². The lowest BCUT2D eigenvalue weighted by molar-refractivity contribution is -0.130. The maximum Gasteiger partial charge on any atom is 0.327 e. The van der Waals surface area contributed by atoms with Crippen LogP contribution in [-0.4, -0.2) is 13.4 Å². The van der Waals surface area contributed by atoms with E-state index in [1.165, 1.54) is 12.1 Å². The van der Waals surface area contributed by atoms with E-state index in [-0.39, 0.29) is 11.8 Å². The number of alkyl halides is 2. The molecule has 0 fully saturated rings. The highest BCUT2D eigenvalue weighted by Gasteiger charge is 2.30. The second-order valence-corrected chi connectivity index (χ2v) is 4.05. The quantitative estimate of drug-likeness (QED) is 0.786. The van der Waals surface area contributed by atoms with Crippen molar-refractivity contribution < 1.29 is 18.3 Å². The zero-order valence-electron chi connectivity index (χ0n) is 10.3. The van der Waals surface area contributed by atoms with Gasteiger partial charge in [-0.1, -0.05) is 36.4 Å². The van der Waals surface area contributed by atoms with E-state index >= 15 is 0 Å². The molecular formula is C15H12F2O2.